The first-order valence-corrected chi connectivity index (χ1v) is 12.6. The molecule has 1 aliphatic heterocycles. The van der Waals surface area contributed by atoms with Crippen molar-refractivity contribution in [2.24, 2.45) is 17.3 Å². The van der Waals surface area contributed by atoms with Gasteiger partial charge in [-0.3, -0.25) is 4.79 Å². The molecule has 1 saturated carbocycles. The zero-order chi connectivity index (χ0) is 24.2. The van der Waals surface area contributed by atoms with Gasteiger partial charge in [0.05, 0.1) is 24.8 Å². The standard InChI is InChI=1S/C28H43N3O2/c1-19(2)12-13-22(14-26(29)28(4,5)6)25-15-24(27(32)30-23-17-33-18-23)20(3)31(25)16-21-10-8-7-9-11-21/h12-15,19,21,23,29H,7-11,16-18H2,1-6H3,(H,30,32)/b13-12+,22-14+,29-26?. The molecule has 1 aliphatic carbocycles. The van der Waals surface area contributed by atoms with Crippen LogP contribution in [0.2, 0.25) is 0 Å². The van der Waals surface area contributed by atoms with Gasteiger partial charge in [-0.05, 0) is 49.3 Å². The molecule has 33 heavy (non-hydrogen) atoms. The van der Waals surface area contributed by atoms with Crippen molar-refractivity contribution in [3.05, 3.63) is 41.2 Å². The van der Waals surface area contributed by atoms with E-state index < -0.39 is 0 Å². The lowest BCUT2D eigenvalue weighted by Gasteiger charge is -2.27. The highest BCUT2D eigenvalue weighted by Crippen LogP contribution is 2.31. The summed E-state index contributed by atoms with van der Waals surface area (Å²) in [5.41, 5.74) is 4.15. The summed E-state index contributed by atoms with van der Waals surface area (Å²) in [7, 11) is 0. The second-order valence-corrected chi connectivity index (χ2v) is 11.2. The van der Waals surface area contributed by atoms with Gasteiger partial charge in [0.25, 0.3) is 5.91 Å². The van der Waals surface area contributed by atoms with Gasteiger partial charge in [0, 0.05) is 29.1 Å². The minimum absolute atomic E-state index is 0.0254. The summed E-state index contributed by atoms with van der Waals surface area (Å²) < 4.78 is 7.58. The number of carbonyl (C=O) groups is 1. The topological polar surface area (TPSA) is 67.1 Å². The highest BCUT2D eigenvalue weighted by molar-refractivity contribution is 6.04. The number of aromatic nitrogens is 1. The normalized spacial score (nSPS) is 18.7. The Kier molecular flexibility index (Phi) is 8.38. The molecule has 0 aromatic carbocycles. The Balaban J connectivity index is 2.05. The van der Waals surface area contributed by atoms with Crippen LogP contribution in [0.1, 0.15) is 88.5 Å². The molecule has 2 N–H and O–H groups in total. The predicted octanol–water partition coefficient (Wildman–Crippen LogP) is 6.17. The van der Waals surface area contributed by atoms with Crippen LogP contribution < -0.4 is 5.32 Å². The first kappa shape index (κ1) is 25.5. The molecule has 0 atom stereocenters. The smallest absolute Gasteiger partial charge is 0.253 e. The highest BCUT2D eigenvalue weighted by atomic mass is 16.5. The molecule has 1 aromatic heterocycles. The summed E-state index contributed by atoms with van der Waals surface area (Å²) in [6, 6.07) is 2.14. The molecule has 0 bridgehead atoms. The van der Waals surface area contributed by atoms with Crippen LogP contribution in [-0.4, -0.2) is 35.4 Å². The number of amides is 1. The first-order chi connectivity index (χ1) is 15.6. The summed E-state index contributed by atoms with van der Waals surface area (Å²) in [6.45, 7) is 14.7. The molecule has 2 heterocycles. The van der Waals surface area contributed by atoms with Gasteiger partial charge < -0.3 is 20.0 Å². The average Bonchev–Trinajstić information content (AvgIpc) is 3.04. The van der Waals surface area contributed by atoms with Gasteiger partial charge in [-0.25, -0.2) is 0 Å². The second-order valence-electron chi connectivity index (χ2n) is 11.2. The van der Waals surface area contributed by atoms with Crippen LogP contribution in [0.25, 0.3) is 5.57 Å². The van der Waals surface area contributed by atoms with E-state index in [1.807, 2.05) is 12.1 Å². The van der Waals surface area contributed by atoms with Crippen molar-refractivity contribution in [3.63, 3.8) is 0 Å². The zero-order valence-corrected chi connectivity index (χ0v) is 21.5. The molecule has 2 aliphatic rings. The van der Waals surface area contributed by atoms with E-state index in [-0.39, 0.29) is 17.4 Å². The Morgan fingerprint density at radius 3 is 2.45 bits per heavy atom. The summed E-state index contributed by atoms with van der Waals surface area (Å²) in [4.78, 5) is 13.1. The molecule has 5 nitrogen and oxygen atoms in total. The largest absolute Gasteiger partial charge is 0.377 e. The Hall–Kier alpha value is -2.14. The van der Waals surface area contributed by atoms with Crippen LogP contribution in [-0.2, 0) is 11.3 Å². The third-order valence-electron chi connectivity index (χ3n) is 6.81. The van der Waals surface area contributed by atoms with Crippen molar-refractivity contribution in [1.29, 1.82) is 5.41 Å². The minimum Gasteiger partial charge on any atom is -0.377 e. The molecule has 2 fully saturated rings. The SMILES string of the molecule is Cc1c(C(=O)NC2COC2)cc(C(/C=C/C(C)C)=C/C(=N)C(C)(C)C)n1CC1CCCCC1. The van der Waals surface area contributed by atoms with E-state index >= 15 is 0 Å². The van der Waals surface area contributed by atoms with Gasteiger partial charge >= 0.3 is 0 Å². The fourth-order valence-electron chi connectivity index (χ4n) is 4.44. The van der Waals surface area contributed by atoms with Crippen LogP contribution in [0.4, 0.5) is 0 Å². The Morgan fingerprint density at radius 2 is 1.91 bits per heavy atom. The van der Waals surface area contributed by atoms with Gasteiger partial charge in [0.1, 0.15) is 0 Å². The van der Waals surface area contributed by atoms with Gasteiger partial charge in [0.15, 0.2) is 0 Å². The monoisotopic (exact) mass is 453 g/mol. The van der Waals surface area contributed by atoms with E-state index in [0.29, 0.717) is 30.8 Å². The molecule has 1 amide bonds. The number of allylic oxidation sites excluding steroid dienone is 4. The lowest BCUT2D eigenvalue weighted by atomic mass is 9.88. The van der Waals surface area contributed by atoms with Crippen LogP contribution in [0.3, 0.4) is 0 Å². The number of carbonyl (C=O) groups excluding carboxylic acids is 1. The number of hydrogen-bond acceptors (Lipinski definition) is 3. The van der Waals surface area contributed by atoms with E-state index in [1.54, 1.807) is 0 Å². The van der Waals surface area contributed by atoms with Crippen LogP contribution in [0.15, 0.2) is 24.3 Å². The summed E-state index contributed by atoms with van der Waals surface area (Å²) >= 11 is 0. The third-order valence-corrected chi connectivity index (χ3v) is 6.81. The van der Waals surface area contributed by atoms with Crippen molar-refractivity contribution in [3.8, 4) is 0 Å². The molecule has 0 spiro atoms. The van der Waals surface area contributed by atoms with Gasteiger partial charge in [0.2, 0.25) is 0 Å². The minimum atomic E-state index is -0.239. The van der Waals surface area contributed by atoms with Gasteiger partial charge in [-0.15, -0.1) is 0 Å². The van der Waals surface area contributed by atoms with Crippen LogP contribution in [0.5, 0.6) is 0 Å². The summed E-state index contributed by atoms with van der Waals surface area (Å²) in [6.07, 6.45) is 12.7. The Labute approximate surface area is 200 Å². The molecule has 1 aromatic rings. The van der Waals surface area contributed by atoms with Crippen molar-refractivity contribution in [1.82, 2.24) is 9.88 Å². The Morgan fingerprint density at radius 1 is 1.24 bits per heavy atom. The predicted molar refractivity (Wildman–Crippen MR) is 137 cm³/mol. The van der Waals surface area contributed by atoms with Crippen LogP contribution >= 0.6 is 0 Å². The second kappa shape index (κ2) is 10.9. The van der Waals surface area contributed by atoms with E-state index in [2.05, 4.69) is 63.6 Å². The summed E-state index contributed by atoms with van der Waals surface area (Å²) in [5, 5.41) is 11.8. The third kappa shape index (κ3) is 6.69. The lowest BCUT2D eigenvalue weighted by Crippen LogP contribution is -2.48. The van der Waals surface area contributed by atoms with Crippen molar-refractivity contribution >= 4 is 17.2 Å². The quantitative estimate of drug-likeness (QED) is 0.365. The van der Waals surface area contributed by atoms with Gasteiger partial charge in [-0.1, -0.05) is 66.0 Å². The van der Waals surface area contributed by atoms with Crippen LogP contribution in [0, 0.1) is 29.6 Å². The molecule has 0 unspecified atom stereocenters. The molecular formula is C28H43N3O2. The lowest BCUT2D eigenvalue weighted by molar-refractivity contribution is -0.00347. The number of rotatable bonds is 8. The maximum absolute atomic E-state index is 13.1. The number of nitrogens with one attached hydrogen (secondary N) is 2. The summed E-state index contributed by atoms with van der Waals surface area (Å²) in [5.74, 6) is 1.01. The van der Waals surface area contributed by atoms with Crippen molar-refractivity contribution in [2.45, 2.75) is 86.2 Å². The molecule has 3 rings (SSSR count). The van der Waals surface area contributed by atoms with Crippen molar-refractivity contribution < 1.29 is 9.53 Å². The highest BCUT2D eigenvalue weighted by Gasteiger charge is 2.26. The molecule has 5 heteroatoms. The fourth-order valence-corrected chi connectivity index (χ4v) is 4.44. The fraction of sp³-hybridized carbons (Fsp3) is 0.643. The molecule has 0 radical (unpaired) electrons. The number of nitrogens with zero attached hydrogens (tertiary/aromatic N) is 1. The average molecular weight is 454 g/mol. The molecule has 182 valence electrons. The van der Waals surface area contributed by atoms with E-state index in [1.165, 1.54) is 32.1 Å². The van der Waals surface area contributed by atoms with E-state index in [4.69, 9.17) is 10.1 Å². The van der Waals surface area contributed by atoms with E-state index in [0.717, 1.165) is 29.1 Å². The maximum atomic E-state index is 13.1. The number of ether oxygens (including phenoxy) is 1. The Bertz CT molecular complexity index is 904. The maximum Gasteiger partial charge on any atom is 0.253 e. The van der Waals surface area contributed by atoms with Gasteiger partial charge in [-0.2, -0.15) is 0 Å². The molecule has 1 saturated heterocycles. The number of hydrogen-bond donors (Lipinski definition) is 2. The van der Waals surface area contributed by atoms with Crippen molar-refractivity contribution in [2.75, 3.05) is 13.2 Å². The zero-order valence-electron chi connectivity index (χ0n) is 21.5. The van der Waals surface area contributed by atoms with E-state index in [9.17, 15) is 4.79 Å². The molecular weight excluding hydrogens is 410 g/mol. The first-order valence-electron chi connectivity index (χ1n) is 12.6.